The summed E-state index contributed by atoms with van der Waals surface area (Å²) in [6.07, 6.45) is 3.67. The molecule has 2 rings (SSSR count). The summed E-state index contributed by atoms with van der Waals surface area (Å²) in [7, 11) is 0. The Labute approximate surface area is 115 Å². The maximum absolute atomic E-state index is 6.11. The first-order valence-electron chi connectivity index (χ1n) is 7.23. The average molecular weight is 259 g/mol. The van der Waals surface area contributed by atoms with Crippen LogP contribution in [-0.4, -0.2) is 9.55 Å². The third kappa shape index (κ3) is 2.91. The molecule has 1 aromatic carbocycles. The highest BCUT2D eigenvalue weighted by Gasteiger charge is 2.14. The summed E-state index contributed by atoms with van der Waals surface area (Å²) in [6.45, 7) is 8.87. The van der Waals surface area contributed by atoms with Gasteiger partial charge in [-0.3, -0.25) is 0 Å². The van der Waals surface area contributed by atoms with Crippen LogP contribution in [0, 0.1) is 12.8 Å². The predicted molar refractivity (Wildman–Crippen MR) is 82.3 cm³/mol. The van der Waals surface area contributed by atoms with Gasteiger partial charge in [-0.15, -0.1) is 0 Å². The highest BCUT2D eigenvalue weighted by atomic mass is 15.2. The van der Waals surface area contributed by atoms with E-state index >= 15 is 0 Å². The van der Waals surface area contributed by atoms with Crippen LogP contribution in [0.5, 0.6) is 0 Å². The summed E-state index contributed by atoms with van der Waals surface area (Å²) >= 11 is 0. The van der Waals surface area contributed by atoms with Gasteiger partial charge in [0.15, 0.2) is 0 Å². The van der Waals surface area contributed by atoms with Gasteiger partial charge in [-0.05, 0) is 37.8 Å². The Morgan fingerprint density at radius 3 is 2.63 bits per heavy atom. The largest absolute Gasteiger partial charge is 0.369 e. The summed E-state index contributed by atoms with van der Waals surface area (Å²) in [5.74, 6) is 1.41. The fourth-order valence-corrected chi connectivity index (χ4v) is 2.69. The molecule has 0 aliphatic heterocycles. The van der Waals surface area contributed by atoms with Crippen LogP contribution in [-0.2, 0) is 0 Å². The van der Waals surface area contributed by atoms with Crippen molar-refractivity contribution < 1.29 is 0 Å². The van der Waals surface area contributed by atoms with Gasteiger partial charge in [0.05, 0.1) is 11.0 Å². The smallest absolute Gasteiger partial charge is 0.201 e. The van der Waals surface area contributed by atoms with Crippen LogP contribution < -0.4 is 5.73 Å². The van der Waals surface area contributed by atoms with Crippen molar-refractivity contribution in [2.75, 3.05) is 5.73 Å². The van der Waals surface area contributed by atoms with Crippen molar-refractivity contribution in [1.82, 2.24) is 9.55 Å². The Kier molecular flexibility index (Phi) is 4.13. The molecule has 0 bridgehead atoms. The summed E-state index contributed by atoms with van der Waals surface area (Å²) < 4.78 is 2.18. The molecule has 3 heteroatoms. The second-order valence-corrected chi connectivity index (χ2v) is 5.96. The van der Waals surface area contributed by atoms with Gasteiger partial charge >= 0.3 is 0 Å². The number of nitrogen functional groups attached to an aromatic ring is 1. The molecule has 0 aliphatic carbocycles. The van der Waals surface area contributed by atoms with E-state index in [1.54, 1.807) is 0 Å². The first-order valence-corrected chi connectivity index (χ1v) is 7.23. The molecule has 19 heavy (non-hydrogen) atoms. The molecule has 2 aromatic rings. The standard InChI is InChI=1S/C16H25N3/c1-11(2)7-5-9-13(4)19-14-10-6-8-12(3)15(14)18-16(19)17/h6,8,10-11,13H,5,7,9H2,1-4H3,(H2,17,18). The SMILES string of the molecule is Cc1cccc2c1nc(N)n2C(C)CCCC(C)C. The number of aryl methyl sites for hydroxylation is 1. The number of fused-ring (bicyclic) bond motifs is 1. The molecule has 1 unspecified atom stereocenters. The number of imidazole rings is 1. The van der Waals surface area contributed by atoms with Gasteiger partial charge in [0.2, 0.25) is 5.95 Å². The molecule has 1 atom stereocenters. The van der Waals surface area contributed by atoms with Gasteiger partial charge in [0.1, 0.15) is 0 Å². The molecule has 0 amide bonds. The van der Waals surface area contributed by atoms with Gasteiger partial charge in [-0.1, -0.05) is 38.8 Å². The molecule has 104 valence electrons. The fraction of sp³-hybridized carbons (Fsp3) is 0.562. The lowest BCUT2D eigenvalue weighted by atomic mass is 10.0. The quantitative estimate of drug-likeness (QED) is 0.869. The van der Waals surface area contributed by atoms with E-state index in [9.17, 15) is 0 Å². The van der Waals surface area contributed by atoms with Crippen molar-refractivity contribution in [3.05, 3.63) is 23.8 Å². The number of hydrogen-bond acceptors (Lipinski definition) is 2. The minimum absolute atomic E-state index is 0.408. The second-order valence-electron chi connectivity index (χ2n) is 5.96. The van der Waals surface area contributed by atoms with Crippen LogP contribution in [0.1, 0.15) is 51.6 Å². The maximum Gasteiger partial charge on any atom is 0.201 e. The Hall–Kier alpha value is -1.51. The minimum Gasteiger partial charge on any atom is -0.369 e. The highest BCUT2D eigenvalue weighted by molar-refractivity contribution is 5.81. The molecular weight excluding hydrogens is 234 g/mol. The number of rotatable bonds is 5. The van der Waals surface area contributed by atoms with Crippen LogP contribution in [0.4, 0.5) is 5.95 Å². The zero-order chi connectivity index (χ0) is 14.0. The summed E-state index contributed by atoms with van der Waals surface area (Å²) in [6, 6.07) is 6.69. The molecule has 0 radical (unpaired) electrons. The van der Waals surface area contributed by atoms with Crippen molar-refractivity contribution >= 4 is 17.0 Å². The fourth-order valence-electron chi connectivity index (χ4n) is 2.69. The molecule has 0 aliphatic rings. The third-order valence-corrected chi connectivity index (χ3v) is 3.79. The van der Waals surface area contributed by atoms with E-state index in [0.717, 1.165) is 23.4 Å². The summed E-state index contributed by atoms with van der Waals surface area (Å²) in [5, 5.41) is 0. The molecule has 0 spiro atoms. The normalized spacial score (nSPS) is 13.3. The molecule has 0 fully saturated rings. The van der Waals surface area contributed by atoms with Crippen molar-refractivity contribution in [1.29, 1.82) is 0 Å². The van der Waals surface area contributed by atoms with Crippen LogP contribution in [0.3, 0.4) is 0 Å². The number of aromatic nitrogens is 2. The van der Waals surface area contributed by atoms with Crippen molar-refractivity contribution in [3.8, 4) is 0 Å². The molecular formula is C16H25N3. The molecule has 1 aromatic heterocycles. The minimum atomic E-state index is 0.408. The lowest BCUT2D eigenvalue weighted by Gasteiger charge is -2.16. The zero-order valence-electron chi connectivity index (χ0n) is 12.5. The van der Waals surface area contributed by atoms with Crippen molar-refractivity contribution in [2.45, 2.75) is 53.0 Å². The van der Waals surface area contributed by atoms with Crippen LogP contribution >= 0.6 is 0 Å². The Balaban J connectivity index is 2.24. The van der Waals surface area contributed by atoms with Crippen molar-refractivity contribution in [3.63, 3.8) is 0 Å². The van der Waals surface area contributed by atoms with E-state index < -0.39 is 0 Å². The Morgan fingerprint density at radius 1 is 1.21 bits per heavy atom. The molecule has 0 saturated heterocycles. The maximum atomic E-state index is 6.11. The molecule has 2 N–H and O–H groups in total. The number of hydrogen-bond donors (Lipinski definition) is 1. The Morgan fingerprint density at radius 2 is 1.95 bits per heavy atom. The first-order chi connectivity index (χ1) is 9.00. The van der Waals surface area contributed by atoms with E-state index in [-0.39, 0.29) is 0 Å². The third-order valence-electron chi connectivity index (χ3n) is 3.79. The topological polar surface area (TPSA) is 43.8 Å². The second kappa shape index (κ2) is 5.64. The highest BCUT2D eigenvalue weighted by Crippen LogP contribution is 2.27. The van der Waals surface area contributed by atoms with Crippen LogP contribution in [0.15, 0.2) is 18.2 Å². The number of anilines is 1. The van der Waals surface area contributed by atoms with Gasteiger partial charge in [0.25, 0.3) is 0 Å². The van der Waals surface area contributed by atoms with E-state index in [0.29, 0.717) is 12.0 Å². The van der Waals surface area contributed by atoms with E-state index in [1.165, 1.54) is 18.4 Å². The summed E-state index contributed by atoms with van der Waals surface area (Å²) in [4.78, 5) is 4.52. The predicted octanol–water partition coefficient (Wildman–Crippen LogP) is 4.31. The molecule has 1 heterocycles. The van der Waals surface area contributed by atoms with Gasteiger partial charge in [-0.2, -0.15) is 0 Å². The lowest BCUT2D eigenvalue weighted by Crippen LogP contribution is -2.09. The molecule has 0 saturated carbocycles. The van der Waals surface area contributed by atoms with Crippen LogP contribution in [0.25, 0.3) is 11.0 Å². The van der Waals surface area contributed by atoms with Gasteiger partial charge < -0.3 is 10.3 Å². The summed E-state index contributed by atoms with van der Waals surface area (Å²) in [5.41, 5.74) is 9.50. The van der Waals surface area contributed by atoms with E-state index in [1.807, 2.05) is 0 Å². The zero-order valence-corrected chi connectivity index (χ0v) is 12.5. The monoisotopic (exact) mass is 259 g/mol. The first kappa shape index (κ1) is 13.9. The lowest BCUT2D eigenvalue weighted by molar-refractivity contribution is 0.457. The van der Waals surface area contributed by atoms with Crippen molar-refractivity contribution in [2.24, 2.45) is 5.92 Å². The van der Waals surface area contributed by atoms with Crippen LogP contribution in [0.2, 0.25) is 0 Å². The molecule has 3 nitrogen and oxygen atoms in total. The Bertz CT molecular complexity index is 554. The number of benzene rings is 1. The van der Waals surface area contributed by atoms with E-state index in [4.69, 9.17) is 5.73 Å². The number of nitrogens with zero attached hydrogens (tertiary/aromatic N) is 2. The number of nitrogens with two attached hydrogens (primary N) is 1. The van der Waals surface area contributed by atoms with Gasteiger partial charge in [0, 0.05) is 6.04 Å². The number of para-hydroxylation sites is 1. The van der Waals surface area contributed by atoms with E-state index in [2.05, 4.69) is 55.4 Å². The average Bonchev–Trinajstić information content (AvgIpc) is 2.66. The van der Waals surface area contributed by atoms with Gasteiger partial charge in [-0.25, -0.2) is 4.98 Å².